The molecule has 239 valence electrons. The van der Waals surface area contributed by atoms with Crippen molar-refractivity contribution in [2.75, 3.05) is 0 Å². The molecule has 7 aromatic rings. The number of fused-ring (bicyclic) bond motifs is 3. The van der Waals surface area contributed by atoms with Gasteiger partial charge in [-0.3, -0.25) is 0 Å². The van der Waals surface area contributed by atoms with Gasteiger partial charge in [-0.2, -0.15) is 11.3 Å². The van der Waals surface area contributed by atoms with Crippen LogP contribution in [-0.4, -0.2) is 23.2 Å². The molecule has 0 N–H and O–H groups in total. The first-order valence-corrected chi connectivity index (χ1v) is 24.0. The summed E-state index contributed by atoms with van der Waals surface area (Å²) < 4.78 is 12.7. The number of hydrogen-bond acceptors (Lipinski definition) is 3. The van der Waals surface area contributed by atoms with Crippen LogP contribution in [0.1, 0.15) is 33.6 Å². The third-order valence-electron chi connectivity index (χ3n) is 8.49. The van der Waals surface area contributed by atoms with E-state index in [-0.39, 0.29) is 26.0 Å². The van der Waals surface area contributed by atoms with Crippen LogP contribution in [0.25, 0.3) is 53.8 Å². The maximum absolute atomic E-state index is 8.80. The van der Waals surface area contributed by atoms with Crippen LogP contribution in [0.2, 0.25) is 17.3 Å². The van der Waals surface area contributed by atoms with Gasteiger partial charge in [0.2, 0.25) is 0 Å². The molecule has 0 aliphatic carbocycles. The number of rotatable bonds is 6. The Balaban J connectivity index is 0.000000224. The molecular weight excluding hydrogens is 829 g/mol. The van der Waals surface area contributed by atoms with Gasteiger partial charge >= 0.3 is 99.8 Å². The van der Waals surface area contributed by atoms with E-state index in [1.807, 2.05) is 61.8 Å². The maximum atomic E-state index is 8.80. The Bertz CT molecular complexity index is 2120. The van der Waals surface area contributed by atoms with Gasteiger partial charge < -0.3 is 4.98 Å². The maximum Gasteiger partial charge on any atom is 0 e. The molecule has 3 aromatic heterocycles. The minimum atomic E-state index is -1.72. The van der Waals surface area contributed by atoms with Crippen LogP contribution >= 0.6 is 11.3 Å². The molecule has 0 aliphatic rings. The Morgan fingerprint density at radius 1 is 0.723 bits per heavy atom. The summed E-state index contributed by atoms with van der Waals surface area (Å²) in [7, 11) is 0. The van der Waals surface area contributed by atoms with Crippen molar-refractivity contribution in [3.05, 3.63) is 139 Å². The van der Waals surface area contributed by atoms with Gasteiger partial charge in [-0.05, 0) is 50.9 Å². The van der Waals surface area contributed by atoms with Gasteiger partial charge in [-0.15, -0.1) is 23.8 Å². The fourth-order valence-electron chi connectivity index (χ4n) is 5.44. The third-order valence-corrected chi connectivity index (χ3v) is 13.9. The van der Waals surface area contributed by atoms with E-state index in [9.17, 15) is 0 Å². The van der Waals surface area contributed by atoms with E-state index in [1.165, 1.54) is 35.7 Å². The SMILES string of the molecule is [2H]C(C)(c1ccnc(-c2[c-]ccc3c2sc2cc(-c4ccccc4)ccc23)c1)C(C)C.[CH3][Ge]([CH3])([CH3])[c]1ccc(-c2[c-]cccc2)nc1.[Ir]. The fraction of sp³-hybridized carbons (Fsp3) is 0.190. The largest absolute Gasteiger partial charge is 0 e. The number of nitrogens with zero attached hydrogens (tertiary/aromatic N) is 2. The summed E-state index contributed by atoms with van der Waals surface area (Å²) in [4.78, 5) is 9.19. The molecule has 2 nitrogen and oxygen atoms in total. The Morgan fingerprint density at radius 2 is 1.51 bits per heavy atom. The average Bonchev–Trinajstić information content (AvgIpc) is 3.47. The Labute approximate surface area is 301 Å². The zero-order valence-corrected chi connectivity index (χ0v) is 33.1. The molecule has 3 heterocycles. The summed E-state index contributed by atoms with van der Waals surface area (Å²) in [5.74, 6) is 6.70. The van der Waals surface area contributed by atoms with Crippen LogP contribution in [0.15, 0.2) is 122 Å². The van der Waals surface area contributed by atoms with Crippen molar-refractivity contribution in [1.82, 2.24) is 9.97 Å². The molecule has 0 amide bonds. The predicted octanol–water partition coefficient (Wildman–Crippen LogP) is 11.4. The quantitative estimate of drug-likeness (QED) is 0.123. The van der Waals surface area contributed by atoms with Crippen LogP contribution in [0.4, 0.5) is 0 Å². The minimum absolute atomic E-state index is 0. The van der Waals surface area contributed by atoms with Crippen LogP contribution in [0.3, 0.4) is 0 Å². The first kappa shape index (κ1) is 33.5. The zero-order chi connectivity index (χ0) is 33.2. The van der Waals surface area contributed by atoms with E-state index in [2.05, 4.69) is 120 Å². The van der Waals surface area contributed by atoms with Gasteiger partial charge in [0.15, 0.2) is 0 Å². The van der Waals surface area contributed by atoms with Crippen molar-refractivity contribution in [2.24, 2.45) is 5.92 Å². The molecule has 0 bridgehead atoms. The van der Waals surface area contributed by atoms with E-state index < -0.39 is 19.2 Å². The summed E-state index contributed by atoms with van der Waals surface area (Å²) in [5.41, 5.74) is 7.42. The first-order valence-electron chi connectivity index (χ1n) is 16.4. The smallest absolute Gasteiger partial charge is 0 e. The molecule has 0 fully saturated rings. The molecule has 0 saturated carbocycles. The second kappa shape index (κ2) is 15.2. The van der Waals surface area contributed by atoms with E-state index in [4.69, 9.17) is 1.37 Å². The van der Waals surface area contributed by atoms with Gasteiger partial charge in [0.05, 0.1) is 0 Å². The van der Waals surface area contributed by atoms with Gasteiger partial charge in [0.1, 0.15) is 0 Å². The van der Waals surface area contributed by atoms with Crippen LogP contribution in [-0.2, 0) is 20.1 Å². The zero-order valence-electron chi connectivity index (χ0n) is 28.8. The van der Waals surface area contributed by atoms with Crippen LogP contribution < -0.4 is 4.40 Å². The number of thiophene rings is 1. The molecule has 47 heavy (non-hydrogen) atoms. The molecule has 0 saturated heterocycles. The van der Waals surface area contributed by atoms with Crippen molar-refractivity contribution < 1.29 is 21.5 Å². The first-order chi connectivity index (χ1) is 22.5. The van der Waals surface area contributed by atoms with Gasteiger partial charge in [-0.1, -0.05) is 80.3 Å². The summed E-state index contributed by atoms with van der Waals surface area (Å²) >= 11 is 0.0776. The normalized spacial score (nSPS) is 13.0. The van der Waals surface area contributed by atoms with E-state index >= 15 is 0 Å². The Kier molecular flexibility index (Phi) is 10.8. The summed E-state index contributed by atoms with van der Waals surface area (Å²) in [6.07, 6.45) is 3.86. The fourth-order valence-corrected chi connectivity index (χ4v) is 8.86. The van der Waals surface area contributed by atoms with Crippen molar-refractivity contribution in [3.8, 4) is 33.6 Å². The van der Waals surface area contributed by atoms with Gasteiger partial charge in [0, 0.05) is 32.4 Å². The summed E-state index contributed by atoms with van der Waals surface area (Å²) in [5, 5.41) is 2.50. The standard InChI is InChI=1S/C28H24NS.C14H16GeN.Ir/c1-18(2)19(3)21-14-15-29-26(16-21)25-11-7-10-24-23-13-12-22(17-27(23)30-28(24)25)20-8-5-4-6-9-20;1-15(2,3)13-9-10-14(16-11-13)12-7-5-4-6-8-12;/h4-10,12-19H,1-3H3;4-7,9-11H,1-3H3;/q2*-1;/i19D;;. The van der Waals surface area contributed by atoms with Crippen molar-refractivity contribution in [2.45, 2.75) is 43.9 Å². The molecule has 1 radical (unpaired) electrons. The van der Waals surface area contributed by atoms with E-state index in [0.717, 1.165) is 28.1 Å². The molecule has 4 aromatic carbocycles. The number of aromatic nitrogens is 2. The average molecular weight is 871 g/mol. The minimum Gasteiger partial charge on any atom is 0 e. The van der Waals surface area contributed by atoms with Crippen LogP contribution in [0.5, 0.6) is 0 Å². The molecule has 1 unspecified atom stereocenters. The molecule has 7 rings (SSSR count). The second-order valence-electron chi connectivity index (χ2n) is 13.0. The number of pyridine rings is 2. The third kappa shape index (κ3) is 8.01. The molecular formula is C42H40GeIrN2S-2. The molecule has 0 aliphatic heterocycles. The number of benzene rings is 4. The summed E-state index contributed by atoms with van der Waals surface area (Å²) in [6.45, 7) is 6.16. The monoisotopic (exact) mass is 872 g/mol. The van der Waals surface area contributed by atoms with Crippen molar-refractivity contribution >= 4 is 49.2 Å². The number of hydrogen-bond donors (Lipinski definition) is 0. The van der Waals surface area contributed by atoms with Gasteiger partial charge in [-0.25, -0.2) is 0 Å². The summed E-state index contributed by atoms with van der Waals surface area (Å²) in [6, 6.07) is 44.3. The molecule has 1 atom stereocenters. The van der Waals surface area contributed by atoms with E-state index in [0.29, 0.717) is 0 Å². The second-order valence-corrected chi connectivity index (χ2v) is 24.7. The predicted molar refractivity (Wildman–Crippen MR) is 202 cm³/mol. The molecule has 0 spiro atoms. The van der Waals surface area contributed by atoms with Crippen molar-refractivity contribution in [3.63, 3.8) is 0 Å². The Hall–Kier alpha value is -3.41. The van der Waals surface area contributed by atoms with Crippen molar-refractivity contribution in [1.29, 1.82) is 0 Å². The van der Waals surface area contributed by atoms with E-state index in [1.54, 1.807) is 11.3 Å². The molecule has 5 heteroatoms. The van der Waals surface area contributed by atoms with Crippen LogP contribution in [0, 0.1) is 18.1 Å². The topological polar surface area (TPSA) is 25.8 Å². The Morgan fingerprint density at radius 3 is 2.19 bits per heavy atom. The van der Waals surface area contributed by atoms with Gasteiger partial charge in [0.25, 0.3) is 0 Å².